The lowest BCUT2D eigenvalue weighted by Crippen LogP contribution is -1.82. The second kappa shape index (κ2) is 3.01. The molecule has 0 aliphatic rings. The molecule has 0 saturated heterocycles. The van der Waals surface area contributed by atoms with Crippen molar-refractivity contribution in [3.63, 3.8) is 0 Å². The van der Waals surface area contributed by atoms with E-state index in [1.54, 1.807) is 6.20 Å². The zero-order valence-corrected chi connectivity index (χ0v) is 7.70. The van der Waals surface area contributed by atoms with Crippen molar-refractivity contribution in [3.8, 4) is 11.3 Å². The van der Waals surface area contributed by atoms with E-state index in [4.69, 9.17) is 0 Å². The molecule has 13 heavy (non-hydrogen) atoms. The Hall–Kier alpha value is -1.64. The van der Waals surface area contributed by atoms with E-state index in [9.17, 15) is 0 Å². The summed E-state index contributed by atoms with van der Waals surface area (Å²) in [4.78, 5) is 0. The molecule has 0 bridgehead atoms. The van der Waals surface area contributed by atoms with Crippen molar-refractivity contribution < 1.29 is 0 Å². The molecule has 0 radical (unpaired) electrons. The second-order valence-corrected chi connectivity index (χ2v) is 3.23. The molecule has 0 saturated carbocycles. The Balaban J connectivity index is 2.53. The summed E-state index contributed by atoms with van der Waals surface area (Å²) in [5, 5.41) is 10.4. The number of hydrogen-bond donors (Lipinski definition) is 1. The summed E-state index contributed by atoms with van der Waals surface area (Å²) < 4.78 is 0. The fourth-order valence-electron chi connectivity index (χ4n) is 1.46. The van der Waals surface area contributed by atoms with Gasteiger partial charge in [-0.2, -0.15) is 15.4 Å². The number of hydrogen-bond acceptors (Lipinski definition) is 2. The van der Waals surface area contributed by atoms with Gasteiger partial charge in [-0.15, -0.1) is 0 Å². The molecular formula is C10H11N3. The van der Waals surface area contributed by atoms with Crippen LogP contribution in [0.25, 0.3) is 11.3 Å². The monoisotopic (exact) mass is 173 g/mol. The van der Waals surface area contributed by atoms with Crippen LogP contribution < -0.4 is 0 Å². The van der Waals surface area contributed by atoms with E-state index in [0.717, 1.165) is 11.3 Å². The molecule has 0 amide bonds. The van der Waals surface area contributed by atoms with Crippen molar-refractivity contribution >= 4 is 0 Å². The standard InChI is InChI=1S/C10H11N3/c1-7-3-8(2)5-9(4-7)10-6-11-13-12-10/h3-6H,1-2H3,(H,11,12,13). The average Bonchev–Trinajstić information content (AvgIpc) is 2.53. The van der Waals surface area contributed by atoms with Crippen LogP contribution in [0.1, 0.15) is 11.1 Å². The SMILES string of the molecule is Cc1cc(C)cc(-c2cn[nH]n2)c1. The van der Waals surface area contributed by atoms with Gasteiger partial charge in [0.15, 0.2) is 0 Å². The molecule has 0 spiro atoms. The Bertz CT molecular complexity index is 384. The van der Waals surface area contributed by atoms with Crippen LogP contribution in [0.2, 0.25) is 0 Å². The quantitative estimate of drug-likeness (QED) is 0.717. The zero-order chi connectivity index (χ0) is 9.26. The third-order valence-corrected chi connectivity index (χ3v) is 1.93. The maximum absolute atomic E-state index is 4.03. The lowest BCUT2D eigenvalue weighted by atomic mass is 10.1. The number of nitrogens with zero attached hydrogens (tertiary/aromatic N) is 2. The van der Waals surface area contributed by atoms with Gasteiger partial charge < -0.3 is 0 Å². The maximum atomic E-state index is 4.03. The van der Waals surface area contributed by atoms with E-state index in [1.165, 1.54) is 11.1 Å². The lowest BCUT2D eigenvalue weighted by molar-refractivity contribution is 0.942. The van der Waals surface area contributed by atoms with E-state index >= 15 is 0 Å². The van der Waals surface area contributed by atoms with Gasteiger partial charge in [-0.1, -0.05) is 17.2 Å². The first kappa shape index (κ1) is 7.98. The molecule has 2 rings (SSSR count). The van der Waals surface area contributed by atoms with Crippen LogP contribution >= 0.6 is 0 Å². The Labute approximate surface area is 76.8 Å². The molecule has 1 aromatic heterocycles. The van der Waals surface area contributed by atoms with Crippen LogP contribution in [-0.2, 0) is 0 Å². The Morgan fingerprint density at radius 2 is 1.77 bits per heavy atom. The zero-order valence-electron chi connectivity index (χ0n) is 7.70. The minimum absolute atomic E-state index is 0.895. The smallest absolute Gasteiger partial charge is 0.112 e. The van der Waals surface area contributed by atoms with E-state index < -0.39 is 0 Å². The maximum Gasteiger partial charge on any atom is 0.112 e. The molecule has 0 unspecified atom stereocenters. The van der Waals surface area contributed by atoms with Crippen LogP contribution in [0.15, 0.2) is 24.4 Å². The first-order valence-electron chi connectivity index (χ1n) is 4.20. The molecule has 1 aromatic carbocycles. The molecule has 3 heteroatoms. The molecule has 0 aliphatic carbocycles. The van der Waals surface area contributed by atoms with Crippen molar-refractivity contribution in [1.82, 2.24) is 15.4 Å². The van der Waals surface area contributed by atoms with Crippen molar-refractivity contribution in [1.29, 1.82) is 0 Å². The fraction of sp³-hybridized carbons (Fsp3) is 0.200. The van der Waals surface area contributed by atoms with E-state index in [0.29, 0.717) is 0 Å². The predicted molar refractivity (Wildman–Crippen MR) is 51.3 cm³/mol. The Morgan fingerprint density at radius 1 is 1.08 bits per heavy atom. The van der Waals surface area contributed by atoms with Crippen LogP contribution in [0, 0.1) is 13.8 Å². The number of nitrogens with one attached hydrogen (secondary N) is 1. The summed E-state index contributed by atoms with van der Waals surface area (Å²) in [6, 6.07) is 6.35. The number of aryl methyl sites for hydroxylation is 2. The summed E-state index contributed by atoms with van der Waals surface area (Å²) in [6.07, 6.45) is 1.73. The number of rotatable bonds is 1. The van der Waals surface area contributed by atoms with Gasteiger partial charge >= 0.3 is 0 Å². The minimum atomic E-state index is 0.895. The van der Waals surface area contributed by atoms with Gasteiger partial charge in [-0.25, -0.2) is 0 Å². The van der Waals surface area contributed by atoms with Crippen LogP contribution in [0.3, 0.4) is 0 Å². The molecule has 0 fully saturated rings. The van der Waals surface area contributed by atoms with Gasteiger partial charge in [-0.05, 0) is 26.0 Å². The normalized spacial score (nSPS) is 10.3. The van der Waals surface area contributed by atoms with Crippen LogP contribution in [0.5, 0.6) is 0 Å². The highest BCUT2D eigenvalue weighted by molar-refractivity contribution is 5.59. The summed E-state index contributed by atoms with van der Waals surface area (Å²) in [5.74, 6) is 0. The van der Waals surface area contributed by atoms with Crippen molar-refractivity contribution in [2.75, 3.05) is 0 Å². The highest BCUT2D eigenvalue weighted by Crippen LogP contribution is 2.18. The largest absolute Gasteiger partial charge is 0.197 e. The highest BCUT2D eigenvalue weighted by atomic mass is 15.3. The topological polar surface area (TPSA) is 41.6 Å². The third kappa shape index (κ3) is 1.59. The number of H-pyrrole nitrogens is 1. The number of benzene rings is 1. The molecule has 3 nitrogen and oxygen atoms in total. The van der Waals surface area contributed by atoms with Gasteiger partial charge in [0, 0.05) is 5.56 Å². The van der Waals surface area contributed by atoms with Crippen molar-refractivity contribution in [2.24, 2.45) is 0 Å². The number of aromatic nitrogens is 3. The molecule has 1 heterocycles. The minimum Gasteiger partial charge on any atom is -0.197 e. The van der Waals surface area contributed by atoms with Gasteiger partial charge in [0.25, 0.3) is 0 Å². The summed E-state index contributed by atoms with van der Waals surface area (Å²) in [5.41, 5.74) is 4.51. The van der Waals surface area contributed by atoms with E-state index in [1.807, 2.05) is 0 Å². The lowest BCUT2D eigenvalue weighted by Gasteiger charge is -2.00. The molecular weight excluding hydrogens is 162 g/mol. The van der Waals surface area contributed by atoms with Gasteiger partial charge in [0.2, 0.25) is 0 Å². The summed E-state index contributed by atoms with van der Waals surface area (Å²) in [7, 11) is 0. The average molecular weight is 173 g/mol. The fourth-order valence-corrected chi connectivity index (χ4v) is 1.46. The molecule has 2 aromatic rings. The number of aromatic amines is 1. The first-order valence-corrected chi connectivity index (χ1v) is 4.20. The highest BCUT2D eigenvalue weighted by Gasteiger charge is 2.01. The van der Waals surface area contributed by atoms with Crippen LogP contribution in [-0.4, -0.2) is 15.4 Å². The van der Waals surface area contributed by atoms with Gasteiger partial charge in [0.05, 0.1) is 6.20 Å². The molecule has 0 atom stereocenters. The third-order valence-electron chi connectivity index (χ3n) is 1.93. The van der Waals surface area contributed by atoms with E-state index in [-0.39, 0.29) is 0 Å². The predicted octanol–water partition coefficient (Wildman–Crippen LogP) is 2.09. The molecule has 66 valence electrons. The van der Waals surface area contributed by atoms with Gasteiger partial charge in [0.1, 0.15) is 5.69 Å². The summed E-state index contributed by atoms with van der Waals surface area (Å²) >= 11 is 0. The molecule has 1 N–H and O–H groups in total. The van der Waals surface area contributed by atoms with E-state index in [2.05, 4.69) is 47.5 Å². The first-order chi connectivity index (χ1) is 6.25. The van der Waals surface area contributed by atoms with Crippen LogP contribution in [0.4, 0.5) is 0 Å². The summed E-state index contributed by atoms with van der Waals surface area (Å²) in [6.45, 7) is 4.16. The van der Waals surface area contributed by atoms with Crippen molar-refractivity contribution in [3.05, 3.63) is 35.5 Å². The Kier molecular flexibility index (Phi) is 1.85. The van der Waals surface area contributed by atoms with Gasteiger partial charge in [-0.3, -0.25) is 0 Å². The van der Waals surface area contributed by atoms with Crippen molar-refractivity contribution in [2.45, 2.75) is 13.8 Å². The second-order valence-electron chi connectivity index (χ2n) is 3.23. The molecule has 0 aliphatic heterocycles. The Morgan fingerprint density at radius 3 is 2.31 bits per heavy atom.